The molecule has 1 amide bonds. The number of rotatable bonds is 3. The lowest BCUT2D eigenvalue weighted by Gasteiger charge is -2.22. The van der Waals surface area contributed by atoms with E-state index in [1.54, 1.807) is 16.2 Å². The van der Waals surface area contributed by atoms with Crippen molar-refractivity contribution in [2.24, 2.45) is 11.7 Å². The predicted octanol–water partition coefficient (Wildman–Crippen LogP) is 2.38. The van der Waals surface area contributed by atoms with Gasteiger partial charge in [0.25, 0.3) is 0 Å². The van der Waals surface area contributed by atoms with Crippen LogP contribution in [-0.4, -0.2) is 28.9 Å². The highest BCUT2D eigenvalue weighted by molar-refractivity contribution is 7.11. The van der Waals surface area contributed by atoms with Gasteiger partial charge in [-0.15, -0.1) is 36.2 Å². The maximum absolute atomic E-state index is 12.2. The molecule has 7 heteroatoms. The SMILES string of the molecule is Cc1ncc(CN(C)C(=O)C2CCCC2N)s1.Cl.Cl. The summed E-state index contributed by atoms with van der Waals surface area (Å²) in [5.74, 6) is 0.204. The lowest BCUT2D eigenvalue weighted by atomic mass is 10.0. The number of halogens is 2. The zero-order valence-corrected chi connectivity index (χ0v) is 13.6. The first-order valence-electron chi connectivity index (χ1n) is 6.00. The Balaban J connectivity index is 0.00000162. The zero-order chi connectivity index (χ0) is 12.4. The summed E-state index contributed by atoms with van der Waals surface area (Å²) < 4.78 is 0. The first kappa shape index (κ1) is 18.6. The van der Waals surface area contributed by atoms with Crippen LogP contribution in [0, 0.1) is 12.8 Å². The van der Waals surface area contributed by atoms with Gasteiger partial charge in [0.1, 0.15) is 0 Å². The molecule has 1 aromatic heterocycles. The molecule has 0 aliphatic heterocycles. The van der Waals surface area contributed by atoms with Crippen molar-refractivity contribution < 1.29 is 4.79 Å². The summed E-state index contributed by atoms with van der Waals surface area (Å²) in [5.41, 5.74) is 5.96. The fraction of sp³-hybridized carbons (Fsp3) is 0.667. The molecule has 19 heavy (non-hydrogen) atoms. The highest BCUT2D eigenvalue weighted by Gasteiger charge is 2.32. The van der Waals surface area contributed by atoms with Crippen LogP contribution in [0.4, 0.5) is 0 Å². The molecule has 2 rings (SSSR count). The van der Waals surface area contributed by atoms with Crippen molar-refractivity contribution >= 4 is 42.1 Å². The van der Waals surface area contributed by atoms with Crippen LogP contribution < -0.4 is 5.73 Å². The molecule has 1 aliphatic carbocycles. The number of thiazole rings is 1. The van der Waals surface area contributed by atoms with Crippen LogP contribution in [0.15, 0.2) is 6.20 Å². The molecule has 0 bridgehead atoms. The first-order valence-corrected chi connectivity index (χ1v) is 6.81. The Morgan fingerprint density at radius 2 is 2.21 bits per heavy atom. The normalized spacial score (nSPS) is 21.4. The van der Waals surface area contributed by atoms with Gasteiger partial charge in [0.2, 0.25) is 5.91 Å². The second-order valence-corrected chi connectivity index (χ2v) is 6.06. The molecule has 0 radical (unpaired) electrons. The number of hydrogen-bond donors (Lipinski definition) is 1. The summed E-state index contributed by atoms with van der Waals surface area (Å²) in [6, 6.07) is 0.0492. The molecule has 2 N–H and O–H groups in total. The minimum Gasteiger partial charge on any atom is -0.340 e. The molecule has 0 saturated heterocycles. The molecular weight excluding hydrogens is 305 g/mol. The summed E-state index contributed by atoms with van der Waals surface area (Å²) in [6.07, 6.45) is 4.83. The average Bonchev–Trinajstić information content (AvgIpc) is 2.86. The van der Waals surface area contributed by atoms with Gasteiger partial charge in [-0.3, -0.25) is 4.79 Å². The van der Waals surface area contributed by atoms with Crippen molar-refractivity contribution in [1.29, 1.82) is 0 Å². The van der Waals surface area contributed by atoms with Crippen molar-refractivity contribution in [2.45, 2.75) is 38.8 Å². The van der Waals surface area contributed by atoms with Gasteiger partial charge < -0.3 is 10.6 Å². The van der Waals surface area contributed by atoms with E-state index in [1.807, 2.05) is 20.2 Å². The molecule has 1 heterocycles. The third-order valence-electron chi connectivity index (χ3n) is 3.32. The molecule has 0 aromatic carbocycles. The molecule has 0 spiro atoms. The second-order valence-electron chi connectivity index (χ2n) is 4.74. The Bertz CT molecular complexity index is 413. The Kier molecular flexibility index (Phi) is 7.89. The summed E-state index contributed by atoms with van der Waals surface area (Å²) in [7, 11) is 1.85. The number of nitrogens with zero attached hydrogens (tertiary/aromatic N) is 2. The number of nitrogens with two attached hydrogens (primary N) is 1. The maximum atomic E-state index is 12.2. The summed E-state index contributed by atoms with van der Waals surface area (Å²) in [4.78, 5) is 19.3. The van der Waals surface area contributed by atoms with E-state index in [9.17, 15) is 4.79 Å². The molecule has 1 aliphatic rings. The summed E-state index contributed by atoms with van der Waals surface area (Å²) in [5, 5.41) is 1.04. The minimum absolute atomic E-state index is 0. The third kappa shape index (κ3) is 4.60. The number of carbonyl (C=O) groups is 1. The van der Waals surface area contributed by atoms with Crippen LogP contribution >= 0.6 is 36.2 Å². The topological polar surface area (TPSA) is 59.2 Å². The van der Waals surface area contributed by atoms with Crippen LogP contribution in [0.2, 0.25) is 0 Å². The highest BCUT2D eigenvalue weighted by Crippen LogP contribution is 2.26. The molecular formula is C12H21Cl2N3OS. The molecule has 1 fully saturated rings. The van der Waals surface area contributed by atoms with Crippen molar-refractivity contribution in [3.05, 3.63) is 16.1 Å². The van der Waals surface area contributed by atoms with Gasteiger partial charge in [-0.2, -0.15) is 0 Å². The van der Waals surface area contributed by atoms with E-state index in [1.165, 1.54) is 0 Å². The van der Waals surface area contributed by atoms with Crippen molar-refractivity contribution in [3.8, 4) is 0 Å². The molecule has 1 saturated carbocycles. The molecule has 110 valence electrons. The smallest absolute Gasteiger partial charge is 0.227 e. The van der Waals surface area contributed by atoms with Crippen LogP contribution in [0.3, 0.4) is 0 Å². The van der Waals surface area contributed by atoms with Gasteiger partial charge in [-0.25, -0.2) is 4.98 Å². The van der Waals surface area contributed by atoms with Crippen LogP contribution in [0.25, 0.3) is 0 Å². The van der Waals surface area contributed by atoms with Gasteiger partial charge in [-0.1, -0.05) is 6.42 Å². The Morgan fingerprint density at radius 1 is 1.53 bits per heavy atom. The van der Waals surface area contributed by atoms with E-state index < -0.39 is 0 Å². The lowest BCUT2D eigenvalue weighted by Crippen LogP contribution is -2.39. The number of carbonyl (C=O) groups excluding carboxylic acids is 1. The van der Waals surface area contributed by atoms with Gasteiger partial charge in [0.05, 0.1) is 17.5 Å². The summed E-state index contributed by atoms with van der Waals surface area (Å²) in [6.45, 7) is 2.62. The van der Waals surface area contributed by atoms with Gasteiger partial charge >= 0.3 is 0 Å². The second kappa shape index (κ2) is 8.04. The molecule has 4 nitrogen and oxygen atoms in total. The standard InChI is InChI=1S/C12H19N3OS.2ClH/c1-8-14-6-9(17-8)7-15(2)12(16)10-4-3-5-11(10)13;;/h6,10-11H,3-5,7,13H2,1-2H3;2*1H. The number of amides is 1. The largest absolute Gasteiger partial charge is 0.340 e. The van der Waals surface area contributed by atoms with E-state index >= 15 is 0 Å². The van der Waals surface area contributed by atoms with E-state index in [0.29, 0.717) is 6.54 Å². The van der Waals surface area contributed by atoms with Gasteiger partial charge in [0, 0.05) is 24.2 Å². The fourth-order valence-electron chi connectivity index (χ4n) is 2.37. The third-order valence-corrected chi connectivity index (χ3v) is 4.22. The Morgan fingerprint density at radius 3 is 2.68 bits per heavy atom. The Labute approximate surface area is 130 Å². The quantitative estimate of drug-likeness (QED) is 0.928. The van der Waals surface area contributed by atoms with Gasteiger partial charge in [-0.05, 0) is 19.8 Å². The maximum Gasteiger partial charge on any atom is 0.227 e. The van der Waals surface area contributed by atoms with Crippen LogP contribution in [0.1, 0.15) is 29.1 Å². The van der Waals surface area contributed by atoms with Crippen molar-refractivity contribution in [3.63, 3.8) is 0 Å². The Hall–Kier alpha value is -0.360. The molecule has 1 aromatic rings. The van der Waals surface area contributed by atoms with Crippen LogP contribution in [0.5, 0.6) is 0 Å². The van der Waals surface area contributed by atoms with E-state index in [4.69, 9.17) is 5.73 Å². The minimum atomic E-state index is 0. The lowest BCUT2D eigenvalue weighted by molar-refractivity contribution is -0.134. The first-order chi connectivity index (χ1) is 8.08. The van der Waals surface area contributed by atoms with Crippen molar-refractivity contribution in [2.75, 3.05) is 7.05 Å². The van der Waals surface area contributed by atoms with E-state index in [0.717, 1.165) is 29.1 Å². The highest BCUT2D eigenvalue weighted by atomic mass is 35.5. The summed E-state index contributed by atoms with van der Waals surface area (Å²) >= 11 is 1.64. The van der Waals surface area contributed by atoms with Crippen molar-refractivity contribution in [1.82, 2.24) is 9.88 Å². The fourth-order valence-corrected chi connectivity index (χ4v) is 3.22. The van der Waals surface area contributed by atoms with Crippen LogP contribution in [-0.2, 0) is 11.3 Å². The molecule has 2 atom stereocenters. The average molecular weight is 326 g/mol. The van der Waals surface area contributed by atoms with Gasteiger partial charge in [0.15, 0.2) is 0 Å². The molecule has 2 unspecified atom stereocenters. The number of hydrogen-bond acceptors (Lipinski definition) is 4. The number of aromatic nitrogens is 1. The van der Waals surface area contributed by atoms with E-state index in [2.05, 4.69) is 4.98 Å². The monoisotopic (exact) mass is 325 g/mol. The van der Waals surface area contributed by atoms with E-state index in [-0.39, 0.29) is 42.7 Å². The predicted molar refractivity (Wildman–Crippen MR) is 83.1 cm³/mol. The number of aryl methyl sites for hydroxylation is 1. The zero-order valence-electron chi connectivity index (χ0n) is 11.2.